The van der Waals surface area contributed by atoms with E-state index < -0.39 is 0 Å². The Morgan fingerprint density at radius 3 is 2.43 bits per heavy atom. The van der Waals surface area contributed by atoms with E-state index in [4.69, 9.17) is 16.3 Å². The number of ether oxygens (including phenoxy) is 1. The Balaban J connectivity index is 2.50. The minimum Gasteiger partial charge on any atom is -0.496 e. The van der Waals surface area contributed by atoms with Crippen molar-refractivity contribution in [2.45, 2.75) is 31.5 Å². The summed E-state index contributed by atoms with van der Waals surface area (Å²) in [7, 11) is 1.68. The Morgan fingerprint density at radius 2 is 1.81 bits per heavy atom. The summed E-state index contributed by atoms with van der Waals surface area (Å²) in [6, 6.07) is 12.5. The van der Waals surface area contributed by atoms with Gasteiger partial charge >= 0.3 is 0 Å². The van der Waals surface area contributed by atoms with E-state index in [9.17, 15) is 0 Å². The number of hydrogen-bond acceptors (Lipinski definition) is 1. The van der Waals surface area contributed by atoms with Gasteiger partial charge in [0, 0.05) is 10.6 Å². The normalized spacial score (nSPS) is 12.2. The SMILES string of the molecule is CCc1ccc(CC)c(C(Br)c2ccc(Cl)cc2OC)c1. The van der Waals surface area contributed by atoms with Crippen molar-refractivity contribution in [1.82, 2.24) is 0 Å². The standard InChI is InChI=1S/C18H20BrClO/c1-4-12-6-7-13(5-2)16(10-12)18(19)15-9-8-14(20)11-17(15)21-3/h6-11,18H,4-5H2,1-3H3. The van der Waals surface area contributed by atoms with Crippen LogP contribution < -0.4 is 4.74 Å². The highest BCUT2D eigenvalue weighted by atomic mass is 79.9. The Hall–Kier alpha value is -0.990. The molecule has 2 aromatic rings. The van der Waals surface area contributed by atoms with Gasteiger partial charge in [0.15, 0.2) is 0 Å². The summed E-state index contributed by atoms with van der Waals surface area (Å²) < 4.78 is 5.48. The lowest BCUT2D eigenvalue weighted by Crippen LogP contribution is -2.02. The van der Waals surface area contributed by atoms with Gasteiger partial charge in [0.25, 0.3) is 0 Å². The molecule has 0 radical (unpaired) electrons. The number of rotatable bonds is 5. The van der Waals surface area contributed by atoms with E-state index in [1.807, 2.05) is 18.2 Å². The van der Waals surface area contributed by atoms with Crippen molar-refractivity contribution < 1.29 is 4.74 Å². The monoisotopic (exact) mass is 366 g/mol. The van der Waals surface area contributed by atoms with E-state index in [0.717, 1.165) is 24.2 Å². The summed E-state index contributed by atoms with van der Waals surface area (Å²) in [5.41, 5.74) is 5.10. The van der Waals surface area contributed by atoms with Gasteiger partial charge in [-0.25, -0.2) is 0 Å². The molecule has 0 aliphatic carbocycles. The van der Waals surface area contributed by atoms with Crippen LogP contribution in [-0.4, -0.2) is 7.11 Å². The van der Waals surface area contributed by atoms with Crippen molar-refractivity contribution in [3.05, 3.63) is 63.7 Å². The van der Waals surface area contributed by atoms with Gasteiger partial charge in [-0.05, 0) is 41.7 Å². The number of methoxy groups -OCH3 is 1. The molecule has 0 saturated heterocycles. The maximum Gasteiger partial charge on any atom is 0.125 e. The third-order valence-corrected chi connectivity index (χ3v) is 4.96. The van der Waals surface area contributed by atoms with Gasteiger partial charge < -0.3 is 4.74 Å². The topological polar surface area (TPSA) is 9.23 Å². The zero-order valence-electron chi connectivity index (χ0n) is 12.6. The van der Waals surface area contributed by atoms with E-state index in [0.29, 0.717) is 5.02 Å². The summed E-state index contributed by atoms with van der Waals surface area (Å²) in [6.45, 7) is 4.36. The molecule has 0 fully saturated rings. The smallest absolute Gasteiger partial charge is 0.125 e. The van der Waals surface area contributed by atoms with Crippen LogP contribution in [0.5, 0.6) is 5.75 Å². The third-order valence-electron chi connectivity index (χ3n) is 3.74. The highest BCUT2D eigenvalue weighted by Gasteiger charge is 2.18. The molecule has 0 aliphatic heterocycles. The first-order valence-electron chi connectivity index (χ1n) is 7.19. The quantitative estimate of drug-likeness (QED) is 0.593. The van der Waals surface area contributed by atoms with Crippen LogP contribution in [0.1, 0.15) is 40.9 Å². The fourth-order valence-electron chi connectivity index (χ4n) is 2.48. The van der Waals surface area contributed by atoms with Crippen LogP contribution in [0.4, 0.5) is 0 Å². The predicted molar refractivity (Wildman–Crippen MR) is 94.0 cm³/mol. The molecule has 1 unspecified atom stereocenters. The molecule has 0 aromatic heterocycles. The third kappa shape index (κ3) is 3.61. The maximum atomic E-state index is 6.06. The number of alkyl halides is 1. The first-order valence-corrected chi connectivity index (χ1v) is 8.49. The second kappa shape index (κ2) is 7.33. The summed E-state index contributed by atoms with van der Waals surface area (Å²) >= 11 is 9.90. The number of hydrogen-bond donors (Lipinski definition) is 0. The predicted octanol–water partition coefficient (Wildman–Crippen LogP) is 5.96. The van der Waals surface area contributed by atoms with E-state index in [1.165, 1.54) is 16.7 Å². The first kappa shape index (κ1) is 16.4. The molecule has 0 spiro atoms. The molecular formula is C18H20BrClO. The number of halogens is 2. The van der Waals surface area contributed by atoms with Gasteiger partial charge in [0.05, 0.1) is 11.9 Å². The molecule has 2 aromatic carbocycles. The Bertz CT molecular complexity index is 625. The zero-order chi connectivity index (χ0) is 15.4. The molecule has 0 bridgehead atoms. The van der Waals surface area contributed by atoms with Gasteiger partial charge in [-0.3, -0.25) is 0 Å². The van der Waals surface area contributed by atoms with Crippen LogP contribution >= 0.6 is 27.5 Å². The zero-order valence-corrected chi connectivity index (χ0v) is 15.0. The molecule has 0 aliphatic rings. The minimum atomic E-state index is 0.103. The Kier molecular flexibility index (Phi) is 5.72. The van der Waals surface area contributed by atoms with E-state index in [-0.39, 0.29) is 4.83 Å². The summed E-state index contributed by atoms with van der Waals surface area (Å²) in [5.74, 6) is 0.813. The summed E-state index contributed by atoms with van der Waals surface area (Å²) in [5, 5.41) is 0.688. The van der Waals surface area contributed by atoms with E-state index in [2.05, 4.69) is 48.0 Å². The Labute approximate surface area is 140 Å². The summed E-state index contributed by atoms with van der Waals surface area (Å²) in [4.78, 5) is 0.103. The first-order chi connectivity index (χ1) is 10.1. The highest BCUT2D eigenvalue weighted by molar-refractivity contribution is 9.09. The molecular weight excluding hydrogens is 348 g/mol. The lowest BCUT2D eigenvalue weighted by Gasteiger charge is -2.19. The van der Waals surface area contributed by atoms with Gasteiger partial charge in [0.2, 0.25) is 0 Å². The number of benzene rings is 2. The van der Waals surface area contributed by atoms with Gasteiger partial charge in [-0.2, -0.15) is 0 Å². The van der Waals surface area contributed by atoms with E-state index in [1.54, 1.807) is 7.11 Å². The van der Waals surface area contributed by atoms with Crippen molar-refractivity contribution in [2.75, 3.05) is 7.11 Å². The molecule has 0 heterocycles. The summed E-state index contributed by atoms with van der Waals surface area (Å²) in [6.07, 6.45) is 2.05. The van der Waals surface area contributed by atoms with Crippen molar-refractivity contribution in [3.8, 4) is 5.75 Å². The minimum absolute atomic E-state index is 0.103. The average molecular weight is 368 g/mol. The largest absolute Gasteiger partial charge is 0.496 e. The van der Waals surface area contributed by atoms with Gasteiger partial charge in [-0.15, -0.1) is 0 Å². The molecule has 1 atom stereocenters. The molecule has 0 N–H and O–H groups in total. The van der Waals surface area contributed by atoms with Crippen molar-refractivity contribution in [2.24, 2.45) is 0 Å². The molecule has 0 saturated carbocycles. The van der Waals surface area contributed by atoms with Crippen LogP contribution in [0.15, 0.2) is 36.4 Å². The van der Waals surface area contributed by atoms with Gasteiger partial charge in [0.1, 0.15) is 5.75 Å². The van der Waals surface area contributed by atoms with E-state index >= 15 is 0 Å². The van der Waals surface area contributed by atoms with Crippen molar-refractivity contribution in [1.29, 1.82) is 0 Å². The van der Waals surface area contributed by atoms with Crippen LogP contribution in [-0.2, 0) is 12.8 Å². The van der Waals surface area contributed by atoms with Crippen LogP contribution in [0, 0.1) is 0 Å². The fraction of sp³-hybridized carbons (Fsp3) is 0.333. The fourth-order valence-corrected chi connectivity index (χ4v) is 3.45. The second-order valence-electron chi connectivity index (χ2n) is 4.99. The molecule has 2 rings (SSSR count). The highest BCUT2D eigenvalue weighted by Crippen LogP contribution is 2.39. The van der Waals surface area contributed by atoms with Crippen molar-refractivity contribution in [3.63, 3.8) is 0 Å². The molecule has 0 amide bonds. The van der Waals surface area contributed by atoms with Crippen LogP contribution in [0.2, 0.25) is 5.02 Å². The lowest BCUT2D eigenvalue weighted by molar-refractivity contribution is 0.410. The van der Waals surface area contributed by atoms with Crippen LogP contribution in [0.3, 0.4) is 0 Å². The second-order valence-corrected chi connectivity index (χ2v) is 6.34. The van der Waals surface area contributed by atoms with Crippen molar-refractivity contribution >= 4 is 27.5 Å². The molecule has 3 heteroatoms. The molecule has 1 nitrogen and oxygen atoms in total. The Morgan fingerprint density at radius 1 is 1.05 bits per heavy atom. The van der Waals surface area contributed by atoms with Gasteiger partial charge in [-0.1, -0.05) is 65.6 Å². The van der Waals surface area contributed by atoms with Crippen LogP contribution in [0.25, 0.3) is 0 Å². The maximum absolute atomic E-state index is 6.06. The number of aryl methyl sites for hydroxylation is 2. The molecule has 112 valence electrons. The lowest BCUT2D eigenvalue weighted by atomic mass is 9.95. The molecule has 21 heavy (non-hydrogen) atoms. The average Bonchev–Trinajstić information content (AvgIpc) is 2.53.